The first-order chi connectivity index (χ1) is 36.1. The third kappa shape index (κ3) is 18.1. The molecule has 420 valence electrons. The lowest BCUT2D eigenvalue weighted by atomic mass is 9.95. The minimum atomic E-state index is -1.23. The summed E-state index contributed by atoms with van der Waals surface area (Å²) in [6.45, 7) is 15.1. The molecule has 20 heteroatoms. The standard InChI is InChI=1S/C56H85N9O10S/c1-10-35(7)45(57)53(71)58-39(26-29-76-9)48(66)59-40(30-33(3)4)50(68)63-47(36(8)11-2)55(73)65-28-19-25-44(65)54(72)64-27-18-24-43(64)52(70)61-41(31-37-20-14-12-15-21-37)49(67)60-42(32-38-22-16-13-17-23-38)51(69)62-46(34(5)6)56(74)75/h12-17,20-23,33-36,39-47H,10-11,18-19,24-32,57H2,1-9H3,(H,58,71)(H,59,66)(H,60,67)(H,61,70)(H,62,69)(H,63,68)(H,74,75)/t35-,36-,39-,40-,41-,42-,43-,44-,45-,46-,47-/m0/s1. The van der Waals surface area contributed by atoms with Crippen molar-refractivity contribution in [3.8, 4) is 0 Å². The van der Waals surface area contributed by atoms with E-state index in [0.717, 1.165) is 0 Å². The Labute approximate surface area is 453 Å². The van der Waals surface area contributed by atoms with Crippen molar-refractivity contribution in [3.63, 3.8) is 0 Å². The molecule has 2 aliphatic heterocycles. The predicted molar refractivity (Wildman–Crippen MR) is 293 cm³/mol. The van der Waals surface area contributed by atoms with Gasteiger partial charge in [-0.15, -0.1) is 0 Å². The van der Waals surface area contributed by atoms with Crippen molar-refractivity contribution in [1.29, 1.82) is 0 Å². The summed E-state index contributed by atoms with van der Waals surface area (Å²) in [6, 6.07) is 8.41. The molecule has 0 aliphatic carbocycles. The number of rotatable bonds is 29. The number of carbonyl (C=O) groups is 9. The van der Waals surface area contributed by atoms with E-state index in [0.29, 0.717) is 55.4 Å². The molecule has 9 N–H and O–H groups in total. The lowest BCUT2D eigenvalue weighted by Gasteiger charge is -2.35. The maximum absolute atomic E-state index is 14.8. The number of amides is 8. The van der Waals surface area contributed by atoms with Crippen LogP contribution in [0.15, 0.2) is 60.7 Å². The van der Waals surface area contributed by atoms with Gasteiger partial charge in [-0.25, -0.2) is 4.79 Å². The molecule has 0 bridgehead atoms. The van der Waals surface area contributed by atoms with E-state index in [-0.39, 0.29) is 56.5 Å². The van der Waals surface area contributed by atoms with Crippen LogP contribution in [0.25, 0.3) is 0 Å². The van der Waals surface area contributed by atoms with Crippen LogP contribution in [0.1, 0.15) is 118 Å². The summed E-state index contributed by atoms with van der Waals surface area (Å²) >= 11 is 1.51. The molecule has 0 unspecified atom stereocenters. The van der Waals surface area contributed by atoms with Crippen molar-refractivity contribution >= 4 is 65.0 Å². The third-order valence-electron chi connectivity index (χ3n) is 14.6. The van der Waals surface area contributed by atoms with Gasteiger partial charge in [0, 0.05) is 25.9 Å². The monoisotopic (exact) mass is 1080 g/mol. The topological polar surface area (TPSA) is 279 Å². The van der Waals surface area contributed by atoms with Gasteiger partial charge in [0.2, 0.25) is 47.3 Å². The number of carboxylic acids is 1. The smallest absolute Gasteiger partial charge is 0.326 e. The zero-order valence-electron chi connectivity index (χ0n) is 46.0. The molecule has 8 amide bonds. The molecule has 19 nitrogen and oxygen atoms in total. The summed E-state index contributed by atoms with van der Waals surface area (Å²) in [6.07, 6.45) is 5.21. The highest BCUT2D eigenvalue weighted by Gasteiger charge is 2.45. The van der Waals surface area contributed by atoms with E-state index in [2.05, 4.69) is 31.9 Å². The maximum Gasteiger partial charge on any atom is 0.326 e. The molecule has 11 atom stereocenters. The first-order valence-electron chi connectivity index (χ1n) is 27.1. The number of nitrogens with one attached hydrogen (secondary N) is 6. The van der Waals surface area contributed by atoms with Gasteiger partial charge in [-0.05, 0) is 85.3 Å². The molecule has 0 aromatic heterocycles. The highest BCUT2D eigenvalue weighted by atomic mass is 32.2. The van der Waals surface area contributed by atoms with Crippen molar-refractivity contribution in [3.05, 3.63) is 71.8 Å². The van der Waals surface area contributed by atoms with Crippen LogP contribution in [-0.4, -0.2) is 148 Å². The Bertz CT molecular complexity index is 2270. The van der Waals surface area contributed by atoms with E-state index in [9.17, 15) is 48.3 Å². The zero-order chi connectivity index (χ0) is 56.2. The van der Waals surface area contributed by atoms with E-state index in [1.54, 1.807) is 68.4 Å². The number of carbonyl (C=O) groups excluding carboxylic acids is 8. The largest absolute Gasteiger partial charge is 0.480 e. The van der Waals surface area contributed by atoms with Crippen molar-refractivity contribution in [1.82, 2.24) is 41.7 Å². The van der Waals surface area contributed by atoms with Crippen molar-refractivity contribution in [2.45, 2.75) is 174 Å². The molecule has 2 fully saturated rings. The average molecular weight is 1080 g/mol. The molecule has 76 heavy (non-hydrogen) atoms. The molecule has 0 radical (unpaired) electrons. The zero-order valence-corrected chi connectivity index (χ0v) is 46.8. The van der Waals surface area contributed by atoms with Crippen LogP contribution in [-0.2, 0) is 56.0 Å². The van der Waals surface area contributed by atoms with Gasteiger partial charge in [0.25, 0.3) is 0 Å². The van der Waals surface area contributed by atoms with Crippen molar-refractivity contribution in [2.75, 3.05) is 25.1 Å². The lowest BCUT2D eigenvalue weighted by molar-refractivity contribution is -0.149. The van der Waals surface area contributed by atoms with Crippen LogP contribution >= 0.6 is 11.8 Å². The normalized spacial score (nSPS) is 19.0. The van der Waals surface area contributed by atoms with E-state index in [4.69, 9.17) is 5.73 Å². The number of nitrogens with zero attached hydrogens (tertiary/aromatic N) is 2. The van der Waals surface area contributed by atoms with Crippen LogP contribution in [0.5, 0.6) is 0 Å². The summed E-state index contributed by atoms with van der Waals surface area (Å²) in [4.78, 5) is 129. The van der Waals surface area contributed by atoms with Crippen LogP contribution < -0.4 is 37.6 Å². The van der Waals surface area contributed by atoms with Gasteiger partial charge >= 0.3 is 5.97 Å². The summed E-state index contributed by atoms with van der Waals surface area (Å²) in [5.41, 5.74) is 7.62. The number of hydrogen-bond acceptors (Lipinski definition) is 11. The minimum absolute atomic E-state index is 0.0279. The fourth-order valence-corrected chi connectivity index (χ4v) is 10.1. The van der Waals surface area contributed by atoms with Gasteiger partial charge in [-0.2, -0.15) is 11.8 Å². The van der Waals surface area contributed by atoms with E-state index in [1.807, 2.05) is 53.9 Å². The van der Waals surface area contributed by atoms with Crippen LogP contribution in [0.2, 0.25) is 0 Å². The number of aliphatic carboxylic acids is 1. The van der Waals surface area contributed by atoms with Gasteiger partial charge in [-0.3, -0.25) is 38.4 Å². The highest BCUT2D eigenvalue weighted by Crippen LogP contribution is 2.27. The number of benzene rings is 2. The first kappa shape index (κ1) is 62.5. The van der Waals surface area contributed by atoms with Gasteiger partial charge in [0.1, 0.15) is 48.3 Å². The maximum atomic E-state index is 14.8. The van der Waals surface area contributed by atoms with E-state index >= 15 is 0 Å². The second-order valence-electron chi connectivity index (χ2n) is 21.3. The Balaban J connectivity index is 1.55. The van der Waals surface area contributed by atoms with Crippen LogP contribution in [0.4, 0.5) is 0 Å². The van der Waals surface area contributed by atoms with Crippen LogP contribution in [0, 0.1) is 23.7 Å². The Kier molecular flexibility index (Phi) is 25.2. The molecule has 4 rings (SSSR count). The molecule has 2 heterocycles. The number of nitrogens with two attached hydrogens (primary N) is 1. The number of hydrogen-bond donors (Lipinski definition) is 8. The van der Waals surface area contributed by atoms with Crippen LogP contribution in [0.3, 0.4) is 0 Å². The molecule has 0 saturated carbocycles. The first-order valence-corrected chi connectivity index (χ1v) is 28.5. The van der Waals surface area contributed by atoms with E-state index < -0.39 is 114 Å². The van der Waals surface area contributed by atoms with Gasteiger partial charge in [0.15, 0.2) is 0 Å². The summed E-state index contributed by atoms with van der Waals surface area (Å²) in [5.74, 6) is -6.15. The highest BCUT2D eigenvalue weighted by molar-refractivity contribution is 7.98. The predicted octanol–water partition coefficient (Wildman–Crippen LogP) is 3.32. The fraction of sp³-hybridized carbons (Fsp3) is 0.625. The third-order valence-corrected chi connectivity index (χ3v) is 15.3. The fourth-order valence-electron chi connectivity index (χ4n) is 9.58. The molecule has 2 aliphatic rings. The molecule has 2 saturated heterocycles. The molecular formula is C56H85N9O10S. The van der Waals surface area contributed by atoms with E-state index in [1.165, 1.54) is 21.6 Å². The molecule has 0 spiro atoms. The molecular weight excluding hydrogens is 991 g/mol. The Morgan fingerprint density at radius 3 is 1.61 bits per heavy atom. The summed E-state index contributed by atoms with van der Waals surface area (Å²) in [7, 11) is 0. The average Bonchev–Trinajstić information content (AvgIpc) is 4.11. The number of likely N-dealkylation sites (tertiary alicyclic amines) is 2. The Hall–Kier alpha value is -6.02. The minimum Gasteiger partial charge on any atom is -0.480 e. The summed E-state index contributed by atoms with van der Waals surface area (Å²) < 4.78 is 0. The Morgan fingerprint density at radius 1 is 0.605 bits per heavy atom. The van der Waals surface area contributed by atoms with Gasteiger partial charge in [0.05, 0.1) is 6.04 Å². The second-order valence-corrected chi connectivity index (χ2v) is 22.3. The molecule has 2 aromatic rings. The molecule has 2 aromatic carbocycles. The van der Waals surface area contributed by atoms with Gasteiger partial charge in [-0.1, -0.05) is 129 Å². The number of carboxylic acid groups (broad SMARTS) is 1. The second kappa shape index (κ2) is 30.7. The van der Waals surface area contributed by atoms with Crippen molar-refractivity contribution < 1.29 is 48.3 Å². The lowest BCUT2D eigenvalue weighted by Crippen LogP contribution is -2.61. The summed E-state index contributed by atoms with van der Waals surface area (Å²) in [5, 5.41) is 26.7. The van der Waals surface area contributed by atoms with Gasteiger partial charge < -0.3 is 52.5 Å². The van der Waals surface area contributed by atoms with Crippen molar-refractivity contribution in [2.24, 2.45) is 29.4 Å². The quantitative estimate of drug-likeness (QED) is 0.0583. The Morgan fingerprint density at radius 2 is 1.08 bits per heavy atom. The number of thioether (sulfide) groups is 1. The SMILES string of the molecule is CC[C@H](C)[C@H](N)C(=O)N[C@@H](CCSC)C(=O)N[C@@H](CC(C)C)C(=O)N[C@H](C(=O)N1CCC[C@H]1C(=O)N1CCC[C@H]1C(=O)N[C@@H](Cc1ccccc1)C(=O)N[C@@H](Cc1ccccc1)C(=O)N[C@H](C(=O)O)C(C)C)[C@@H](C)CC.